The lowest BCUT2D eigenvalue weighted by Gasteiger charge is -2.09. The Labute approximate surface area is 108 Å². The number of aryl methyl sites for hydroxylation is 1. The molecule has 2 rings (SSSR count). The minimum absolute atomic E-state index is 0.00741. The number of benzene rings is 1. The summed E-state index contributed by atoms with van der Waals surface area (Å²) in [5.41, 5.74) is 0.732. The third-order valence-electron chi connectivity index (χ3n) is 2.87. The molecule has 6 heteroatoms. The molecule has 1 aromatic carbocycles. The molecule has 0 radical (unpaired) electrons. The van der Waals surface area contributed by atoms with E-state index in [0.29, 0.717) is 17.8 Å². The van der Waals surface area contributed by atoms with Gasteiger partial charge in [0.25, 0.3) is 6.43 Å². The fourth-order valence-corrected chi connectivity index (χ4v) is 2.16. The van der Waals surface area contributed by atoms with E-state index in [1.807, 2.05) is 6.92 Å². The van der Waals surface area contributed by atoms with Crippen molar-refractivity contribution in [2.75, 3.05) is 0 Å². The highest BCUT2D eigenvalue weighted by atomic mass is 19.3. The number of rotatable bonds is 5. The van der Waals surface area contributed by atoms with Gasteiger partial charge in [0.05, 0.1) is 23.1 Å². The number of nitrogens with zero attached hydrogens (tertiary/aromatic N) is 2. The second-order valence-electron chi connectivity index (χ2n) is 4.26. The number of imidazole rings is 1. The highest BCUT2D eigenvalue weighted by molar-refractivity contribution is 6.01. The molecule has 1 aromatic heterocycles. The zero-order chi connectivity index (χ0) is 14.0. The lowest BCUT2D eigenvalue weighted by atomic mass is 10.2. The Balaban J connectivity index is 2.69. The molecule has 0 spiro atoms. The molecule has 1 heterocycles. The van der Waals surface area contributed by atoms with Crippen LogP contribution < -0.4 is 0 Å². The molecule has 0 bridgehead atoms. The van der Waals surface area contributed by atoms with Crippen molar-refractivity contribution < 1.29 is 18.7 Å². The van der Waals surface area contributed by atoms with Crippen LogP contribution in [0, 0.1) is 0 Å². The lowest BCUT2D eigenvalue weighted by molar-refractivity contribution is 0.0697. The van der Waals surface area contributed by atoms with Crippen LogP contribution in [0.5, 0.6) is 0 Å². The van der Waals surface area contributed by atoms with E-state index >= 15 is 0 Å². The Morgan fingerprint density at radius 1 is 1.47 bits per heavy atom. The highest BCUT2D eigenvalue weighted by Crippen LogP contribution is 2.22. The van der Waals surface area contributed by atoms with Crippen LogP contribution in [0.25, 0.3) is 11.0 Å². The second kappa shape index (κ2) is 5.34. The standard InChI is InChI=1S/C13H14F2N2O2/c1-2-4-11-16-9-6-3-5-8(13(18)19)12(9)17(11)7-10(14)15/h3,5-6,10H,2,4,7H2,1H3,(H,18,19). The Morgan fingerprint density at radius 3 is 2.79 bits per heavy atom. The van der Waals surface area contributed by atoms with Crippen LogP contribution in [0.3, 0.4) is 0 Å². The Bertz CT molecular complexity index is 608. The normalized spacial score (nSPS) is 11.4. The van der Waals surface area contributed by atoms with Gasteiger partial charge < -0.3 is 9.67 Å². The molecule has 0 aliphatic rings. The van der Waals surface area contributed by atoms with Crippen LogP contribution in [-0.2, 0) is 13.0 Å². The van der Waals surface area contributed by atoms with Gasteiger partial charge in [-0.05, 0) is 18.6 Å². The summed E-state index contributed by atoms with van der Waals surface area (Å²) >= 11 is 0. The quantitative estimate of drug-likeness (QED) is 0.907. The fourth-order valence-electron chi connectivity index (χ4n) is 2.16. The number of aromatic nitrogens is 2. The predicted octanol–water partition coefficient (Wildman–Crippen LogP) is 2.95. The summed E-state index contributed by atoms with van der Waals surface area (Å²) in [6, 6.07) is 4.62. The zero-order valence-corrected chi connectivity index (χ0v) is 10.4. The number of aromatic carboxylic acids is 1. The maximum absolute atomic E-state index is 12.7. The summed E-state index contributed by atoms with van der Waals surface area (Å²) in [6.45, 7) is 1.39. The predicted molar refractivity (Wildman–Crippen MR) is 66.7 cm³/mol. The summed E-state index contributed by atoms with van der Waals surface area (Å²) in [7, 11) is 0. The largest absolute Gasteiger partial charge is 0.478 e. The molecule has 0 fully saturated rings. The van der Waals surface area contributed by atoms with Gasteiger partial charge in [0, 0.05) is 6.42 Å². The first kappa shape index (κ1) is 13.5. The Hall–Kier alpha value is -1.98. The van der Waals surface area contributed by atoms with Crippen LogP contribution in [0.15, 0.2) is 18.2 Å². The Morgan fingerprint density at radius 2 is 2.21 bits per heavy atom. The summed E-state index contributed by atoms with van der Waals surface area (Å²) in [6.07, 6.45) is -1.25. The van der Waals surface area contributed by atoms with Gasteiger partial charge in [0.2, 0.25) is 0 Å². The minimum atomic E-state index is -2.55. The van der Waals surface area contributed by atoms with Crippen molar-refractivity contribution in [1.29, 1.82) is 0 Å². The summed E-state index contributed by atoms with van der Waals surface area (Å²) in [5.74, 6) is -0.629. The van der Waals surface area contributed by atoms with Gasteiger partial charge in [-0.15, -0.1) is 0 Å². The zero-order valence-electron chi connectivity index (χ0n) is 10.4. The van der Waals surface area contributed by atoms with Gasteiger partial charge >= 0.3 is 5.97 Å². The number of carboxylic acids is 1. The van der Waals surface area contributed by atoms with Gasteiger partial charge in [0.15, 0.2) is 0 Å². The molecule has 19 heavy (non-hydrogen) atoms. The van der Waals surface area contributed by atoms with E-state index in [-0.39, 0.29) is 11.1 Å². The highest BCUT2D eigenvalue weighted by Gasteiger charge is 2.19. The van der Waals surface area contributed by atoms with E-state index in [2.05, 4.69) is 4.98 Å². The number of fused-ring (bicyclic) bond motifs is 1. The first-order chi connectivity index (χ1) is 9.04. The second-order valence-corrected chi connectivity index (χ2v) is 4.26. The molecule has 102 valence electrons. The molecule has 4 nitrogen and oxygen atoms in total. The molecule has 2 aromatic rings. The number of hydrogen-bond donors (Lipinski definition) is 1. The smallest absolute Gasteiger partial charge is 0.337 e. The number of carbonyl (C=O) groups is 1. The van der Waals surface area contributed by atoms with Crippen molar-refractivity contribution in [3.05, 3.63) is 29.6 Å². The van der Waals surface area contributed by atoms with E-state index in [1.165, 1.54) is 10.6 Å². The van der Waals surface area contributed by atoms with Crippen LogP contribution in [0.1, 0.15) is 29.5 Å². The third-order valence-corrected chi connectivity index (χ3v) is 2.87. The van der Waals surface area contributed by atoms with Gasteiger partial charge in [-0.2, -0.15) is 0 Å². The molecular formula is C13H14F2N2O2. The van der Waals surface area contributed by atoms with E-state index in [4.69, 9.17) is 5.11 Å². The molecule has 0 saturated carbocycles. The summed E-state index contributed by atoms with van der Waals surface area (Å²) < 4.78 is 26.7. The number of alkyl halides is 2. The topological polar surface area (TPSA) is 55.1 Å². The van der Waals surface area contributed by atoms with Gasteiger partial charge in [-0.3, -0.25) is 0 Å². The maximum Gasteiger partial charge on any atom is 0.337 e. The number of halogens is 2. The number of carboxylic acid groups (broad SMARTS) is 1. The molecule has 0 atom stereocenters. The molecule has 0 amide bonds. The van der Waals surface area contributed by atoms with Crippen molar-refractivity contribution in [3.63, 3.8) is 0 Å². The average Bonchev–Trinajstić information content (AvgIpc) is 2.67. The summed E-state index contributed by atoms with van der Waals surface area (Å²) in [5, 5.41) is 9.15. The van der Waals surface area contributed by atoms with Crippen molar-refractivity contribution >= 4 is 17.0 Å². The van der Waals surface area contributed by atoms with Crippen LogP contribution in [0.2, 0.25) is 0 Å². The maximum atomic E-state index is 12.7. The van der Waals surface area contributed by atoms with Crippen molar-refractivity contribution in [1.82, 2.24) is 9.55 Å². The lowest BCUT2D eigenvalue weighted by Crippen LogP contribution is -2.12. The third kappa shape index (κ3) is 2.57. The van der Waals surface area contributed by atoms with Crippen LogP contribution >= 0.6 is 0 Å². The van der Waals surface area contributed by atoms with Gasteiger partial charge in [-0.25, -0.2) is 18.6 Å². The fraction of sp³-hybridized carbons (Fsp3) is 0.385. The molecule has 1 N–H and O–H groups in total. The van der Waals surface area contributed by atoms with E-state index in [9.17, 15) is 13.6 Å². The average molecular weight is 268 g/mol. The van der Waals surface area contributed by atoms with Gasteiger partial charge in [-0.1, -0.05) is 13.0 Å². The van der Waals surface area contributed by atoms with Crippen LogP contribution in [0.4, 0.5) is 8.78 Å². The molecule has 0 unspecified atom stereocenters. The summed E-state index contributed by atoms with van der Waals surface area (Å²) in [4.78, 5) is 15.5. The number of hydrogen-bond acceptors (Lipinski definition) is 2. The van der Waals surface area contributed by atoms with Crippen molar-refractivity contribution in [2.24, 2.45) is 0 Å². The molecular weight excluding hydrogens is 254 g/mol. The van der Waals surface area contributed by atoms with Gasteiger partial charge in [0.1, 0.15) is 5.82 Å². The van der Waals surface area contributed by atoms with Crippen molar-refractivity contribution in [3.8, 4) is 0 Å². The molecule has 0 saturated heterocycles. The molecule has 0 aliphatic heterocycles. The number of para-hydroxylation sites is 1. The first-order valence-electron chi connectivity index (χ1n) is 6.04. The van der Waals surface area contributed by atoms with E-state index < -0.39 is 18.9 Å². The SMILES string of the molecule is CCCc1nc2cccc(C(=O)O)c2n1CC(F)F. The van der Waals surface area contributed by atoms with Crippen molar-refractivity contribution in [2.45, 2.75) is 32.7 Å². The first-order valence-corrected chi connectivity index (χ1v) is 6.04. The van der Waals surface area contributed by atoms with E-state index in [1.54, 1.807) is 12.1 Å². The van der Waals surface area contributed by atoms with Crippen LogP contribution in [-0.4, -0.2) is 27.1 Å². The van der Waals surface area contributed by atoms with E-state index in [0.717, 1.165) is 6.42 Å². The monoisotopic (exact) mass is 268 g/mol. The minimum Gasteiger partial charge on any atom is -0.478 e. The molecule has 0 aliphatic carbocycles. The Kier molecular flexibility index (Phi) is 3.78.